The fourth-order valence-corrected chi connectivity index (χ4v) is 3.33. The van der Waals surface area contributed by atoms with Crippen LogP contribution in [0.5, 0.6) is 5.75 Å². The fourth-order valence-electron chi connectivity index (χ4n) is 3.33. The number of carbonyl (C=O) groups excluding carboxylic acids is 1. The van der Waals surface area contributed by atoms with Crippen molar-refractivity contribution in [2.24, 2.45) is 5.73 Å². The Morgan fingerprint density at radius 1 is 1.30 bits per heavy atom. The molecule has 2 aromatic rings. The van der Waals surface area contributed by atoms with E-state index in [2.05, 4.69) is 16.3 Å². The van der Waals surface area contributed by atoms with Crippen molar-refractivity contribution in [3.8, 4) is 5.75 Å². The van der Waals surface area contributed by atoms with Crippen LogP contribution in [0.2, 0.25) is 0 Å². The number of nitrogens with two attached hydrogens (primary N) is 1. The largest absolute Gasteiger partial charge is 0.496 e. The number of nitrogens with one attached hydrogen (secondary N) is 1. The zero-order valence-corrected chi connectivity index (χ0v) is 17.0. The number of halogens is 2. The van der Waals surface area contributed by atoms with E-state index in [0.29, 0.717) is 17.9 Å². The Labute approximate surface area is 172 Å². The molecule has 3 N–H and O–H groups in total. The van der Waals surface area contributed by atoms with E-state index in [9.17, 15) is 4.79 Å². The third-order valence-corrected chi connectivity index (χ3v) is 4.65. The van der Waals surface area contributed by atoms with Crippen LogP contribution in [0.15, 0.2) is 41.0 Å². The van der Waals surface area contributed by atoms with Crippen LogP contribution in [0.4, 0.5) is 0 Å². The van der Waals surface area contributed by atoms with E-state index in [1.165, 1.54) is 19.1 Å². The molecule has 1 amide bonds. The summed E-state index contributed by atoms with van der Waals surface area (Å²) < 4.78 is 10.8. The van der Waals surface area contributed by atoms with Gasteiger partial charge < -0.3 is 20.2 Å². The van der Waals surface area contributed by atoms with Crippen LogP contribution in [0.3, 0.4) is 0 Å². The minimum Gasteiger partial charge on any atom is -0.496 e. The van der Waals surface area contributed by atoms with E-state index in [0.717, 1.165) is 24.4 Å². The number of methoxy groups -OCH3 is 1. The summed E-state index contributed by atoms with van der Waals surface area (Å²) in [6, 6.07) is 9.77. The molecule has 0 spiro atoms. The molecule has 3 rings (SSSR count). The Bertz CT molecular complexity index is 718. The van der Waals surface area contributed by atoms with Crippen LogP contribution in [-0.2, 0) is 6.54 Å². The molecular weight excluding hydrogens is 389 g/mol. The van der Waals surface area contributed by atoms with Gasteiger partial charge in [-0.15, -0.1) is 24.8 Å². The summed E-state index contributed by atoms with van der Waals surface area (Å²) in [7, 11) is 1.68. The Kier molecular flexibility index (Phi) is 9.66. The molecule has 0 aliphatic carbocycles. The van der Waals surface area contributed by atoms with E-state index in [1.54, 1.807) is 13.2 Å². The first-order valence-corrected chi connectivity index (χ1v) is 8.65. The van der Waals surface area contributed by atoms with Gasteiger partial charge >= 0.3 is 0 Å². The quantitative estimate of drug-likeness (QED) is 0.725. The SMILES string of the molecule is COc1ccccc1C(CNC(=O)c1coc(CN)c1)N1CCCC1.Cl.Cl. The Balaban J connectivity index is 0.00000182. The molecule has 1 aromatic heterocycles. The lowest BCUT2D eigenvalue weighted by Crippen LogP contribution is -2.36. The lowest BCUT2D eigenvalue weighted by atomic mass is 10.0. The number of carbonyl (C=O) groups is 1. The Morgan fingerprint density at radius 3 is 2.63 bits per heavy atom. The molecule has 8 heteroatoms. The van der Waals surface area contributed by atoms with Crippen LogP contribution in [-0.4, -0.2) is 37.6 Å². The summed E-state index contributed by atoms with van der Waals surface area (Å²) in [4.78, 5) is 14.8. The smallest absolute Gasteiger partial charge is 0.254 e. The Hall–Kier alpha value is -1.73. The molecular formula is C19H27Cl2N3O3. The molecule has 6 nitrogen and oxygen atoms in total. The molecule has 0 bridgehead atoms. The van der Waals surface area contributed by atoms with E-state index >= 15 is 0 Å². The molecule has 1 unspecified atom stereocenters. The highest BCUT2D eigenvalue weighted by Gasteiger charge is 2.26. The first kappa shape index (κ1) is 23.3. The highest BCUT2D eigenvalue weighted by Crippen LogP contribution is 2.31. The molecule has 2 heterocycles. The molecule has 1 aromatic carbocycles. The summed E-state index contributed by atoms with van der Waals surface area (Å²) in [6.07, 6.45) is 3.81. The summed E-state index contributed by atoms with van der Waals surface area (Å²) in [6.45, 7) is 2.86. The van der Waals surface area contributed by atoms with Crippen LogP contribution < -0.4 is 15.8 Å². The third kappa shape index (κ3) is 5.62. The third-order valence-electron chi connectivity index (χ3n) is 4.65. The normalized spacial score (nSPS) is 14.7. The van der Waals surface area contributed by atoms with Crippen LogP contribution >= 0.6 is 24.8 Å². The van der Waals surface area contributed by atoms with Gasteiger partial charge in [0.2, 0.25) is 0 Å². The van der Waals surface area contributed by atoms with Crippen molar-refractivity contribution in [3.05, 3.63) is 53.5 Å². The highest BCUT2D eigenvalue weighted by molar-refractivity contribution is 5.94. The topological polar surface area (TPSA) is 80.7 Å². The first-order chi connectivity index (χ1) is 12.2. The number of rotatable bonds is 7. The first-order valence-electron chi connectivity index (χ1n) is 8.65. The van der Waals surface area contributed by atoms with Gasteiger partial charge in [0, 0.05) is 12.1 Å². The van der Waals surface area contributed by atoms with Crippen molar-refractivity contribution in [1.29, 1.82) is 0 Å². The standard InChI is InChI=1S/C19H25N3O3.2ClH/c1-24-18-7-3-2-6-16(18)17(22-8-4-5-9-22)12-21-19(23)14-10-15(11-20)25-13-14;;/h2-3,6-7,10,13,17H,4-5,8-9,11-12,20H2,1H3,(H,21,23);2*1H. The van der Waals surface area contributed by atoms with Crippen molar-refractivity contribution in [3.63, 3.8) is 0 Å². The summed E-state index contributed by atoms with van der Waals surface area (Å²) in [5, 5.41) is 3.03. The van der Waals surface area contributed by atoms with Gasteiger partial charge in [-0.25, -0.2) is 0 Å². The predicted octanol–water partition coefficient (Wildman–Crippen LogP) is 3.16. The number of furan rings is 1. The van der Waals surface area contributed by atoms with E-state index in [-0.39, 0.29) is 43.3 Å². The predicted molar refractivity (Wildman–Crippen MR) is 110 cm³/mol. The van der Waals surface area contributed by atoms with Crippen molar-refractivity contribution < 1.29 is 13.9 Å². The van der Waals surface area contributed by atoms with Crippen molar-refractivity contribution in [2.45, 2.75) is 25.4 Å². The lowest BCUT2D eigenvalue weighted by molar-refractivity contribution is 0.0936. The second-order valence-electron chi connectivity index (χ2n) is 6.22. The van der Waals surface area contributed by atoms with Crippen LogP contribution in [0.1, 0.15) is 40.6 Å². The fraction of sp³-hybridized carbons (Fsp3) is 0.421. The van der Waals surface area contributed by atoms with Crippen molar-refractivity contribution in [2.75, 3.05) is 26.7 Å². The molecule has 27 heavy (non-hydrogen) atoms. The number of hydrogen-bond acceptors (Lipinski definition) is 5. The summed E-state index contributed by atoms with van der Waals surface area (Å²) >= 11 is 0. The molecule has 1 fully saturated rings. The zero-order valence-electron chi connectivity index (χ0n) is 15.3. The number of ether oxygens (including phenoxy) is 1. The number of nitrogens with zero attached hydrogens (tertiary/aromatic N) is 1. The average molecular weight is 416 g/mol. The molecule has 1 aliphatic heterocycles. The maximum atomic E-state index is 12.4. The van der Waals surface area contributed by atoms with E-state index in [4.69, 9.17) is 14.9 Å². The number of hydrogen-bond donors (Lipinski definition) is 2. The Morgan fingerprint density at radius 2 is 2.00 bits per heavy atom. The minimum absolute atomic E-state index is 0. The number of amides is 1. The summed E-state index contributed by atoms with van der Waals surface area (Å²) in [5.74, 6) is 1.30. The molecule has 0 radical (unpaired) electrons. The van der Waals surface area contributed by atoms with Crippen molar-refractivity contribution in [1.82, 2.24) is 10.2 Å². The van der Waals surface area contributed by atoms with Crippen LogP contribution in [0.25, 0.3) is 0 Å². The number of para-hydroxylation sites is 1. The summed E-state index contributed by atoms with van der Waals surface area (Å²) in [5.41, 5.74) is 7.13. The van der Waals surface area contributed by atoms with Gasteiger partial charge in [-0.1, -0.05) is 18.2 Å². The molecule has 1 aliphatic rings. The molecule has 0 saturated carbocycles. The monoisotopic (exact) mass is 415 g/mol. The molecule has 1 atom stereocenters. The number of benzene rings is 1. The van der Waals surface area contributed by atoms with Crippen molar-refractivity contribution >= 4 is 30.7 Å². The van der Waals surface area contributed by atoms with Gasteiger partial charge in [-0.05, 0) is 38.1 Å². The maximum absolute atomic E-state index is 12.4. The van der Waals surface area contributed by atoms with Gasteiger partial charge in [0.15, 0.2) is 0 Å². The van der Waals surface area contributed by atoms with Gasteiger partial charge in [-0.3, -0.25) is 9.69 Å². The highest BCUT2D eigenvalue weighted by atomic mass is 35.5. The van der Waals surface area contributed by atoms with E-state index in [1.807, 2.05) is 18.2 Å². The van der Waals surface area contributed by atoms with Gasteiger partial charge in [0.25, 0.3) is 5.91 Å². The minimum atomic E-state index is -0.150. The number of likely N-dealkylation sites (tertiary alicyclic amines) is 1. The van der Waals surface area contributed by atoms with Gasteiger partial charge in [0.1, 0.15) is 17.8 Å². The molecule has 150 valence electrons. The lowest BCUT2D eigenvalue weighted by Gasteiger charge is -2.29. The molecule has 1 saturated heterocycles. The van der Waals surface area contributed by atoms with Gasteiger partial charge in [-0.2, -0.15) is 0 Å². The maximum Gasteiger partial charge on any atom is 0.254 e. The second-order valence-corrected chi connectivity index (χ2v) is 6.22. The van der Waals surface area contributed by atoms with Crippen LogP contribution in [0, 0.1) is 0 Å². The average Bonchev–Trinajstić information content (AvgIpc) is 3.34. The second kappa shape index (κ2) is 11.2. The van der Waals surface area contributed by atoms with Gasteiger partial charge in [0.05, 0.1) is 25.3 Å². The van der Waals surface area contributed by atoms with E-state index < -0.39 is 0 Å². The zero-order chi connectivity index (χ0) is 17.6.